The van der Waals surface area contributed by atoms with Crippen molar-refractivity contribution in [3.63, 3.8) is 0 Å². The molecule has 3 nitrogen and oxygen atoms in total. The Morgan fingerprint density at radius 3 is 2.46 bits per heavy atom. The van der Waals surface area contributed by atoms with Gasteiger partial charge in [0.2, 0.25) is 5.91 Å². The summed E-state index contributed by atoms with van der Waals surface area (Å²) < 4.78 is 0. The minimum Gasteiger partial charge on any atom is -0.323 e. The third kappa shape index (κ3) is 4.76. The van der Waals surface area contributed by atoms with Gasteiger partial charge in [-0.3, -0.25) is 9.69 Å². The minimum absolute atomic E-state index is 0.116. The highest BCUT2D eigenvalue weighted by atomic mass is 16.1. The number of hydrogen-bond donors (Lipinski definition) is 1. The van der Waals surface area contributed by atoms with Gasteiger partial charge < -0.3 is 5.32 Å². The van der Waals surface area contributed by atoms with E-state index in [1.807, 2.05) is 36.4 Å². The Hall–Kier alpha value is -3.17. The Balaban J connectivity index is 1.40. The maximum absolute atomic E-state index is 12.1. The average Bonchev–Trinajstić information content (AvgIpc) is 2.73. The van der Waals surface area contributed by atoms with Gasteiger partial charge >= 0.3 is 0 Å². The number of nitrogens with one attached hydrogen (secondary N) is 1. The first-order chi connectivity index (χ1) is 13.8. The molecule has 140 valence electrons. The molecule has 0 saturated heterocycles. The van der Waals surface area contributed by atoms with Crippen LogP contribution in [0.15, 0.2) is 84.9 Å². The van der Waals surface area contributed by atoms with Crippen LogP contribution in [0.4, 0.5) is 5.69 Å². The molecule has 1 aliphatic heterocycles. The second-order valence-electron chi connectivity index (χ2n) is 7.16. The van der Waals surface area contributed by atoms with Gasteiger partial charge in [-0.25, -0.2) is 0 Å². The zero-order valence-electron chi connectivity index (χ0n) is 15.8. The van der Waals surface area contributed by atoms with Crippen LogP contribution in [-0.4, -0.2) is 17.4 Å². The highest BCUT2D eigenvalue weighted by Gasteiger charge is 2.16. The lowest BCUT2D eigenvalue weighted by atomic mass is 9.97. The summed E-state index contributed by atoms with van der Waals surface area (Å²) in [5.41, 5.74) is 5.98. The van der Waals surface area contributed by atoms with E-state index in [-0.39, 0.29) is 5.91 Å². The fraction of sp³-hybridized carbons (Fsp3) is 0.160. The van der Waals surface area contributed by atoms with E-state index in [9.17, 15) is 4.79 Å². The summed E-state index contributed by atoms with van der Waals surface area (Å²) in [4.78, 5) is 14.6. The minimum atomic E-state index is -0.116. The first-order valence-corrected chi connectivity index (χ1v) is 9.68. The predicted molar refractivity (Wildman–Crippen MR) is 115 cm³/mol. The Morgan fingerprint density at radius 1 is 0.929 bits per heavy atom. The molecule has 0 unspecified atom stereocenters. The maximum atomic E-state index is 12.1. The van der Waals surface area contributed by atoms with Gasteiger partial charge in [-0.05, 0) is 46.9 Å². The second-order valence-corrected chi connectivity index (χ2v) is 7.16. The van der Waals surface area contributed by atoms with Crippen molar-refractivity contribution in [2.24, 2.45) is 0 Å². The van der Waals surface area contributed by atoms with Gasteiger partial charge in [0.05, 0.1) is 0 Å². The van der Waals surface area contributed by atoms with Gasteiger partial charge in [-0.2, -0.15) is 0 Å². The van der Waals surface area contributed by atoms with Crippen molar-refractivity contribution in [2.75, 3.05) is 11.9 Å². The van der Waals surface area contributed by atoms with Crippen molar-refractivity contribution in [2.45, 2.75) is 19.5 Å². The van der Waals surface area contributed by atoms with Crippen LogP contribution in [0.1, 0.15) is 22.3 Å². The number of nitrogens with zero attached hydrogens (tertiary/aromatic N) is 1. The molecule has 0 atom stereocenters. The van der Waals surface area contributed by atoms with Crippen LogP contribution in [-0.2, 0) is 24.3 Å². The fourth-order valence-electron chi connectivity index (χ4n) is 3.59. The fourth-order valence-corrected chi connectivity index (χ4v) is 3.59. The van der Waals surface area contributed by atoms with Crippen molar-refractivity contribution < 1.29 is 4.79 Å². The number of benzene rings is 3. The van der Waals surface area contributed by atoms with E-state index in [0.717, 1.165) is 37.3 Å². The van der Waals surface area contributed by atoms with Gasteiger partial charge in [0.1, 0.15) is 0 Å². The van der Waals surface area contributed by atoms with E-state index >= 15 is 0 Å². The lowest BCUT2D eigenvalue weighted by Crippen LogP contribution is -2.30. The Bertz CT molecular complexity index is 964. The second kappa shape index (κ2) is 8.68. The molecule has 1 N–H and O–H groups in total. The summed E-state index contributed by atoms with van der Waals surface area (Å²) in [5, 5.41) is 2.87. The van der Waals surface area contributed by atoms with Gasteiger partial charge in [-0.1, -0.05) is 66.7 Å². The van der Waals surface area contributed by atoms with Crippen LogP contribution in [0.3, 0.4) is 0 Å². The smallest absolute Gasteiger partial charge is 0.248 e. The van der Waals surface area contributed by atoms with Crippen LogP contribution in [0.25, 0.3) is 6.08 Å². The number of rotatable bonds is 5. The zero-order valence-corrected chi connectivity index (χ0v) is 15.8. The van der Waals surface area contributed by atoms with E-state index in [4.69, 9.17) is 0 Å². The quantitative estimate of drug-likeness (QED) is 0.650. The van der Waals surface area contributed by atoms with Gasteiger partial charge in [0.15, 0.2) is 0 Å². The molecule has 0 bridgehead atoms. The third-order valence-electron chi connectivity index (χ3n) is 5.04. The number of carbonyl (C=O) groups excluding carboxylic acids is 1. The van der Waals surface area contributed by atoms with Crippen LogP contribution in [0, 0.1) is 0 Å². The first-order valence-electron chi connectivity index (χ1n) is 9.68. The van der Waals surface area contributed by atoms with Crippen molar-refractivity contribution in [1.82, 2.24) is 4.90 Å². The molecule has 3 aromatic carbocycles. The summed E-state index contributed by atoms with van der Waals surface area (Å²) in [5.74, 6) is -0.116. The standard InChI is InChI=1S/C25H24N2O/c28-25(26-24-9-5-2-6-10-24)14-12-20-11-13-22-15-16-27(19-23(22)17-20)18-21-7-3-1-4-8-21/h1-14,17H,15-16,18-19H2,(H,26,28)/b14-12+. The number of carbonyl (C=O) groups is 1. The lowest BCUT2D eigenvalue weighted by Gasteiger charge is -2.29. The molecule has 0 fully saturated rings. The van der Waals surface area contributed by atoms with E-state index in [2.05, 4.69) is 58.7 Å². The van der Waals surface area contributed by atoms with E-state index in [1.165, 1.54) is 16.7 Å². The summed E-state index contributed by atoms with van der Waals surface area (Å²) in [7, 11) is 0. The molecule has 0 aliphatic carbocycles. The Kier molecular flexibility index (Phi) is 5.64. The van der Waals surface area contributed by atoms with Crippen molar-refractivity contribution in [3.8, 4) is 0 Å². The topological polar surface area (TPSA) is 32.3 Å². The molecule has 28 heavy (non-hydrogen) atoms. The number of fused-ring (bicyclic) bond motifs is 1. The van der Waals surface area contributed by atoms with Crippen LogP contribution >= 0.6 is 0 Å². The average molecular weight is 368 g/mol. The van der Waals surface area contributed by atoms with Crippen molar-refractivity contribution in [3.05, 3.63) is 107 Å². The Morgan fingerprint density at radius 2 is 1.68 bits per heavy atom. The third-order valence-corrected chi connectivity index (χ3v) is 5.04. The van der Waals surface area contributed by atoms with Gasteiger partial charge in [-0.15, -0.1) is 0 Å². The molecule has 0 spiro atoms. The van der Waals surface area contributed by atoms with Crippen molar-refractivity contribution >= 4 is 17.7 Å². The molecule has 0 saturated carbocycles. The highest BCUT2D eigenvalue weighted by Crippen LogP contribution is 2.22. The van der Waals surface area contributed by atoms with Gasteiger partial charge in [0.25, 0.3) is 0 Å². The molecule has 3 aromatic rings. The number of para-hydroxylation sites is 1. The first kappa shape index (κ1) is 18.2. The molecule has 0 aromatic heterocycles. The summed E-state index contributed by atoms with van der Waals surface area (Å²) in [6.07, 6.45) is 4.55. The number of hydrogen-bond acceptors (Lipinski definition) is 2. The summed E-state index contributed by atoms with van der Waals surface area (Å²) in [6.45, 7) is 3.00. The van der Waals surface area contributed by atoms with Crippen molar-refractivity contribution in [1.29, 1.82) is 0 Å². The molecule has 1 aliphatic rings. The largest absolute Gasteiger partial charge is 0.323 e. The predicted octanol–water partition coefficient (Wildman–Crippen LogP) is 4.90. The van der Waals surface area contributed by atoms with E-state index in [1.54, 1.807) is 6.08 Å². The normalized spacial score (nSPS) is 14.0. The van der Waals surface area contributed by atoms with Crippen LogP contribution in [0.2, 0.25) is 0 Å². The molecule has 0 radical (unpaired) electrons. The van der Waals surface area contributed by atoms with Gasteiger partial charge in [0, 0.05) is 31.4 Å². The Labute approximate surface area is 166 Å². The van der Waals surface area contributed by atoms with Crippen LogP contribution < -0.4 is 5.32 Å². The summed E-state index contributed by atoms with van der Waals surface area (Å²) in [6, 6.07) is 26.6. The highest BCUT2D eigenvalue weighted by molar-refractivity contribution is 6.01. The molecule has 1 amide bonds. The SMILES string of the molecule is O=C(/C=C/c1ccc2c(c1)CN(Cc1ccccc1)CC2)Nc1ccccc1. The molecule has 3 heteroatoms. The van der Waals surface area contributed by atoms with Crippen LogP contribution in [0.5, 0.6) is 0 Å². The number of anilines is 1. The van der Waals surface area contributed by atoms with E-state index in [0.29, 0.717) is 0 Å². The molecule has 1 heterocycles. The molecular weight excluding hydrogens is 344 g/mol. The maximum Gasteiger partial charge on any atom is 0.248 e. The van der Waals surface area contributed by atoms with E-state index < -0.39 is 0 Å². The monoisotopic (exact) mass is 368 g/mol. The summed E-state index contributed by atoms with van der Waals surface area (Å²) >= 11 is 0. The molecular formula is C25H24N2O. The zero-order chi connectivity index (χ0) is 19.2. The number of amides is 1. The lowest BCUT2D eigenvalue weighted by molar-refractivity contribution is -0.111. The molecule has 4 rings (SSSR count).